The van der Waals surface area contributed by atoms with Gasteiger partial charge in [0.2, 0.25) is 0 Å². The van der Waals surface area contributed by atoms with Gasteiger partial charge in [-0.15, -0.1) is 0 Å². The van der Waals surface area contributed by atoms with Crippen LogP contribution in [0.3, 0.4) is 0 Å². The largest absolute Gasteiger partial charge is 0.426 e. The minimum atomic E-state index is -0.420. The van der Waals surface area contributed by atoms with Gasteiger partial charge < -0.3 is 9.15 Å². The van der Waals surface area contributed by atoms with E-state index < -0.39 is 5.97 Å². The van der Waals surface area contributed by atoms with Gasteiger partial charge in [0.05, 0.1) is 6.42 Å². The van der Waals surface area contributed by atoms with E-state index in [1.807, 2.05) is 12.1 Å². The third kappa shape index (κ3) is 3.05. The van der Waals surface area contributed by atoms with Crippen molar-refractivity contribution in [2.24, 2.45) is 0 Å². The van der Waals surface area contributed by atoms with Crippen LogP contribution in [0, 0.1) is 0 Å². The van der Waals surface area contributed by atoms with Crippen LogP contribution in [0.1, 0.15) is 23.1 Å². The van der Waals surface area contributed by atoms with Gasteiger partial charge in [0.15, 0.2) is 0 Å². The second kappa shape index (κ2) is 6.37. The third-order valence-electron chi connectivity index (χ3n) is 4.47. The minimum absolute atomic E-state index is 0.0752. The number of hydrogen-bond donors (Lipinski definition) is 0. The van der Waals surface area contributed by atoms with Gasteiger partial charge in [0.1, 0.15) is 11.3 Å². The molecule has 2 aromatic carbocycles. The van der Waals surface area contributed by atoms with Crippen molar-refractivity contribution in [2.75, 3.05) is 0 Å². The highest BCUT2D eigenvalue weighted by molar-refractivity contribution is 6.31. The zero-order valence-corrected chi connectivity index (χ0v) is 14.1. The molecule has 0 unspecified atom stereocenters. The van der Waals surface area contributed by atoms with Crippen LogP contribution in [0.15, 0.2) is 51.7 Å². The molecule has 0 radical (unpaired) electrons. The number of halogens is 1. The van der Waals surface area contributed by atoms with E-state index >= 15 is 0 Å². The van der Waals surface area contributed by atoms with E-state index in [0.717, 1.165) is 35.8 Å². The number of carbonyl (C=O) groups excluding carboxylic acids is 1. The maximum absolute atomic E-state index is 12.2. The lowest BCUT2D eigenvalue weighted by Gasteiger charge is -2.08. The average molecular weight is 355 g/mol. The maximum Gasteiger partial charge on any atom is 0.339 e. The third-order valence-corrected chi connectivity index (χ3v) is 4.84. The molecule has 25 heavy (non-hydrogen) atoms. The molecule has 1 aromatic heterocycles. The first-order valence-electron chi connectivity index (χ1n) is 8.14. The number of benzene rings is 2. The van der Waals surface area contributed by atoms with E-state index in [1.165, 1.54) is 0 Å². The predicted octanol–water partition coefficient (Wildman–Crippen LogP) is 4.08. The van der Waals surface area contributed by atoms with Gasteiger partial charge >= 0.3 is 11.6 Å². The molecule has 3 aromatic rings. The van der Waals surface area contributed by atoms with Gasteiger partial charge in [-0.2, -0.15) is 0 Å². The minimum Gasteiger partial charge on any atom is -0.426 e. The first kappa shape index (κ1) is 15.9. The van der Waals surface area contributed by atoms with E-state index in [9.17, 15) is 9.59 Å². The molecule has 0 aliphatic heterocycles. The Morgan fingerprint density at radius 2 is 1.92 bits per heavy atom. The number of esters is 1. The fourth-order valence-corrected chi connectivity index (χ4v) is 3.49. The maximum atomic E-state index is 12.2. The second-order valence-electron chi connectivity index (χ2n) is 6.10. The molecule has 5 heteroatoms. The molecule has 1 heterocycles. The molecule has 4 rings (SSSR count). The molecule has 0 fully saturated rings. The zero-order valence-electron chi connectivity index (χ0n) is 13.4. The molecule has 0 atom stereocenters. The Bertz CT molecular complexity index is 1040. The highest BCUT2D eigenvalue weighted by Gasteiger charge is 2.20. The number of hydrogen-bond acceptors (Lipinski definition) is 4. The van der Waals surface area contributed by atoms with Crippen LogP contribution in [0.4, 0.5) is 0 Å². The van der Waals surface area contributed by atoms with Gasteiger partial charge in [-0.05, 0) is 48.6 Å². The number of carbonyl (C=O) groups is 1. The van der Waals surface area contributed by atoms with Crippen LogP contribution in [-0.4, -0.2) is 5.97 Å². The second-order valence-corrected chi connectivity index (χ2v) is 6.51. The molecule has 126 valence electrons. The van der Waals surface area contributed by atoms with Gasteiger partial charge in [-0.1, -0.05) is 29.8 Å². The van der Waals surface area contributed by atoms with Crippen molar-refractivity contribution in [3.63, 3.8) is 0 Å². The van der Waals surface area contributed by atoms with Crippen molar-refractivity contribution >= 4 is 28.5 Å². The SMILES string of the molecule is O=C(Cc1ccccc1Cl)Oc1ccc2c3c(c(=O)oc2c1)CCC3. The van der Waals surface area contributed by atoms with Crippen LogP contribution in [0.2, 0.25) is 5.02 Å². The predicted molar refractivity (Wildman–Crippen MR) is 95.3 cm³/mol. The van der Waals surface area contributed by atoms with Crippen LogP contribution < -0.4 is 10.4 Å². The molecule has 0 N–H and O–H groups in total. The number of ether oxygens (including phenoxy) is 1. The monoisotopic (exact) mass is 354 g/mol. The molecule has 0 saturated heterocycles. The fraction of sp³-hybridized carbons (Fsp3) is 0.200. The summed E-state index contributed by atoms with van der Waals surface area (Å²) in [5.41, 5.74) is 2.70. The van der Waals surface area contributed by atoms with Crippen molar-refractivity contribution < 1.29 is 13.9 Å². The number of fused-ring (bicyclic) bond motifs is 3. The normalized spacial score (nSPS) is 13.0. The molecule has 1 aliphatic carbocycles. The Hall–Kier alpha value is -2.59. The van der Waals surface area contributed by atoms with Gasteiger partial charge in [0.25, 0.3) is 0 Å². The summed E-state index contributed by atoms with van der Waals surface area (Å²) < 4.78 is 10.8. The standard InChI is InChI=1S/C20H15ClO4/c21-17-7-2-1-4-12(17)10-19(22)24-13-8-9-15-14-5-3-6-16(14)20(23)25-18(15)11-13/h1-2,4,7-9,11H,3,5-6,10H2. The van der Waals surface area contributed by atoms with E-state index in [4.69, 9.17) is 20.8 Å². The summed E-state index contributed by atoms with van der Waals surface area (Å²) in [4.78, 5) is 24.2. The van der Waals surface area contributed by atoms with E-state index in [2.05, 4.69) is 0 Å². The summed E-state index contributed by atoms with van der Waals surface area (Å²) in [7, 11) is 0. The van der Waals surface area contributed by atoms with E-state index in [-0.39, 0.29) is 12.0 Å². The van der Waals surface area contributed by atoms with Crippen molar-refractivity contribution in [3.8, 4) is 5.75 Å². The first-order chi connectivity index (χ1) is 12.1. The van der Waals surface area contributed by atoms with Crippen LogP contribution in [0.25, 0.3) is 11.0 Å². The lowest BCUT2D eigenvalue weighted by molar-refractivity contribution is -0.133. The molecule has 0 spiro atoms. The van der Waals surface area contributed by atoms with Crippen molar-refractivity contribution in [1.29, 1.82) is 0 Å². The van der Waals surface area contributed by atoms with Crippen LogP contribution in [-0.2, 0) is 24.1 Å². The van der Waals surface area contributed by atoms with Crippen LogP contribution in [0.5, 0.6) is 5.75 Å². The summed E-state index contributed by atoms with van der Waals surface area (Å²) in [6.07, 6.45) is 2.69. The molecule has 4 nitrogen and oxygen atoms in total. The highest BCUT2D eigenvalue weighted by atomic mass is 35.5. The molecular weight excluding hydrogens is 340 g/mol. The Morgan fingerprint density at radius 3 is 2.76 bits per heavy atom. The zero-order chi connectivity index (χ0) is 17.4. The summed E-state index contributed by atoms with van der Waals surface area (Å²) >= 11 is 6.06. The lowest BCUT2D eigenvalue weighted by atomic mass is 10.1. The topological polar surface area (TPSA) is 56.5 Å². The van der Waals surface area contributed by atoms with Crippen LogP contribution >= 0.6 is 11.6 Å². The average Bonchev–Trinajstić information content (AvgIpc) is 3.07. The quantitative estimate of drug-likeness (QED) is 0.404. The molecule has 0 bridgehead atoms. The van der Waals surface area contributed by atoms with Gasteiger partial charge in [-0.25, -0.2) is 4.79 Å². The Kier molecular flexibility index (Phi) is 4.06. The Balaban J connectivity index is 1.60. The fourth-order valence-electron chi connectivity index (χ4n) is 3.29. The molecule has 0 saturated carbocycles. The first-order valence-corrected chi connectivity index (χ1v) is 8.52. The smallest absolute Gasteiger partial charge is 0.339 e. The van der Waals surface area contributed by atoms with Gasteiger partial charge in [-0.3, -0.25) is 4.79 Å². The summed E-state index contributed by atoms with van der Waals surface area (Å²) in [5.74, 6) is -0.0680. The van der Waals surface area contributed by atoms with Crippen molar-refractivity contribution in [3.05, 3.63) is 74.6 Å². The highest BCUT2D eigenvalue weighted by Crippen LogP contribution is 2.29. The summed E-state index contributed by atoms with van der Waals surface area (Å²) in [6, 6.07) is 12.3. The molecule has 0 amide bonds. The number of aryl methyl sites for hydroxylation is 1. The Labute approximate surface area is 149 Å². The lowest BCUT2D eigenvalue weighted by Crippen LogP contribution is -2.12. The summed E-state index contributed by atoms with van der Waals surface area (Å²) in [6.45, 7) is 0. The summed E-state index contributed by atoms with van der Waals surface area (Å²) in [5, 5.41) is 1.44. The number of rotatable bonds is 3. The van der Waals surface area contributed by atoms with Gasteiger partial charge in [0, 0.05) is 22.0 Å². The molecule has 1 aliphatic rings. The van der Waals surface area contributed by atoms with Crippen molar-refractivity contribution in [2.45, 2.75) is 25.7 Å². The Morgan fingerprint density at radius 1 is 1.12 bits per heavy atom. The van der Waals surface area contributed by atoms with E-state index in [1.54, 1.807) is 30.3 Å². The van der Waals surface area contributed by atoms with Crippen molar-refractivity contribution in [1.82, 2.24) is 0 Å². The molecular formula is C20H15ClO4. The van der Waals surface area contributed by atoms with E-state index in [0.29, 0.717) is 21.9 Å².